The zero-order valence-corrected chi connectivity index (χ0v) is 9.64. The fraction of sp³-hybridized carbons (Fsp3) is 1.00. The topological polar surface area (TPSA) is 32.7 Å². The smallest absolute Gasteiger partial charge is 0.112 e. The van der Waals surface area contributed by atoms with Crippen LogP contribution in [-0.4, -0.2) is 33.9 Å². The molecule has 1 rings (SSSR count). The number of nitrogens with zero attached hydrogens (tertiary/aromatic N) is 2. The van der Waals surface area contributed by atoms with E-state index < -0.39 is 9.92 Å². The summed E-state index contributed by atoms with van der Waals surface area (Å²) >= 11 is 0. The van der Waals surface area contributed by atoms with Gasteiger partial charge in [0, 0.05) is 20.1 Å². The van der Waals surface area contributed by atoms with Crippen LogP contribution in [0, 0.1) is 0 Å². The molecule has 13 heavy (non-hydrogen) atoms. The molecule has 0 spiro atoms. The van der Waals surface area contributed by atoms with E-state index in [-0.39, 0.29) is 5.25 Å². The largest absolute Gasteiger partial charge is 0.233 e. The van der Waals surface area contributed by atoms with Crippen LogP contribution in [-0.2, 0) is 9.92 Å². The maximum absolute atomic E-state index is 12.4. The molecule has 0 aromatic carbocycles. The summed E-state index contributed by atoms with van der Waals surface area (Å²) in [5.74, 6) is 0. The Morgan fingerprint density at radius 1 is 1.23 bits per heavy atom. The van der Waals surface area contributed by atoms with Crippen molar-refractivity contribution in [1.29, 1.82) is 0 Å². The second-order valence-corrected chi connectivity index (χ2v) is 6.66. The lowest BCUT2D eigenvalue weighted by Crippen LogP contribution is -2.39. The lowest BCUT2D eigenvalue weighted by molar-refractivity contribution is 0.359. The van der Waals surface area contributed by atoms with Crippen molar-refractivity contribution >= 4 is 9.92 Å². The Hall–Kier alpha value is -0.0900. The summed E-state index contributed by atoms with van der Waals surface area (Å²) in [7, 11) is -0.409. The minimum Gasteiger partial charge on any atom is -0.233 e. The Bertz CT molecular complexity index is 261. The van der Waals surface area contributed by atoms with Crippen LogP contribution in [0.5, 0.6) is 0 Å². The summed E-state index contributed by atoms with van der Waals surface area (Å²) in [6.07, 6.45) is 3.60. The summed E-state index contributed by atoms with van der Waals surface area (Å²) in [5, 5.41) is 0.135. The number of hydrogen-bond donors (Lipinski definition) is 0. The highest BCUT2D eigenvalue weighted by Crippen LogP contribution is 2.18. The van der Waals surface area contributed by atoms with E-state index in [0.29, 0.717) is 0 Å². The van der Waals surface area contributed by atoms with Crippen molar-refractivity contribution < 1.29 is 4.21 Å². The standard InChI is InChI=1S/C9H20N2OS/c1-9(2)13(12,10-3)11-7-5-4-6-8-11/h9H,4-8H2,1-3H3. The van der Waals surface area contributed by atoms with Gasteiger partial charge >= 0.3 is 0 Å². The van der Waals surface area contributed by atoms with E-state index in [1.54, 1.807) is 7.05 Å². The predicted molar refractivity (Wildman–Crippen MR) is 57.1 cm³/mol. The second kappa shape index (κ2) is 4.42. The van der Waals surface area contributed by atoms with Crippen molar-refractivity contribution in [2.75, 3.05) is 20.1 Å². The monoisotopic (exact) mass is 204 g/mol. The highest BCUT2D eigenvalue weighted by Gasteiger charge is 2.24. The minimum absolute atomic E-state index is 0.135. The van der Waals surface area contributed by atoms with E-state index in [1.807, 2.05) is 13.8 Å². The highest BCUT2D eigenvalue weighted by molar-refractivity contribution is 7.91. The van der Waals surface area contributed by atoms with Crippen molar-refractivity contribution in [2.24, 2.45) is 4.36 Å². The quantitative estimate of drug-likeness (QED) is 0.676. The van der Waals surface area contributed by atoms with E-state index in [4.69, 9.17) is 0 Å². The van der Waals surface area contributed by atoms with Gasteiger partial charge in [0.05, 0.1) is 5.25 Å². The fourth-order valence-corrected chi connectivity index (χ4v) is 3.78. The third kappa shape index (κ3) is 2.23. The molecule has 1 fully saturated rings. The van der Waals surface area contributed by atoms with Gasteiger partial charge in [-0.1, -0.05) is 6.42 Å². The van der Waals surface area contributed by atoms with E-state index in [0.717, 1.165) is 13.1 Å². The highest BCUT2D eigenvalue weighted by atomic mass is 32.2. The van der Waals surface area contributed by atoms with Gasteiger partial charge in [0.2, 0.25) is 0 Å². The maximum atomic E-state index is 12.4. The maximum Gasteiger partial charge on any atom is 0.112 e. The number of piperidine rings is 1. The summed E-state index contributed by atoms with van der Waals surface area (Å²) in [4.78, 5) is 0. The van der Waals surface area contributed by atoms with Crippen LogP contribution in [0.2, 0.25) is 0 Å². The third-order valence-electron chi connectivity index (χ3n) is 2.56. The van der Waals surface area contributed by atoms with Crippen LogP contribution >= 0.6 is 0 Å². The molecule has 0 aromatic heterocycles. The molecular formula is C9H20N2OS. The summed E-state index contributed by atoms with van der Waals surface area (Å²) < 4.78 is 18.5. The first-order valence-corrected chi connectivity index (χ1v) is 6.54. The fourth-order valence-electron chi connectivity index (χ4n) is 1.75. The van der Waals surface area contributed by atoms with Crippen LogP contribution < -0.4 is 0 Å². The lowest BCUT2D eigenvalue weighted by atomic mass is 10.2. The molecule has 0 radical (unpaired) electrons. The van der Waals surface area contributed by atoms with Gasteiger partial charge in [0.25, 0.3) is 0 Å². The Balaban J connectivity index is 2.82. The molecule has 0 aromatic rings. The predicted octanol–water partition coefficient (Wildman–Crippen LogP) is 1.89. The molecule has 1 aliphatic rings. The molecule has 0 aliphatic carbocycles. The van der Waals surface area contributed by atoms with Crippen LogP contribution in [0.3, 0.4) is 0 Å². The van der Waals surface area contributed by atoms with Gasteiger partial charge in [-0.25, -0.2) is 12.9 Å². The Kier molecular flexibility index (Phi) is 3.74. The first-order valence-electron chi connectivity index (χ1n) is 5.00. The summed E-state index contributed by atoms with van der Waals surface area (Å²) in [6.45, 7) is 5.89. The van der Waals surface area contributed by atoms with Gasteiger partial charge in [-0.2, -0.15) is 0 Å². The number of rotatable bonds is 2. The average Bonchev–Trinajstić information content (AvgIpc) is 2.17. The molecule has 78 valence electrons. The molecule has 0 amide bonds. The van der Waals surface area contributed by atoms with Gasteiger partial charge in [0.15, 0.2) is 0 Å². The normalized spacial score (nSPS) is 24.3. The first kappa shape index (κ1) is 11.0. The molecule has 3 nitrogen and oxygen atoms in total. The molecule has 1 heterocycles. The van der Waals surface area contributed by atoms with Crippen molar-refractivity contribution in [3.05, 3.63) is 0 Å². The zero-order valence-electron chi connectivity index (χ0n) is 8.82. The summed E-state index contributed by atoms with van der Waals surface area (Å²) in [6, 6.07) is 0. The van der Waals surface area contributed by atoms with Gasteiger partial charge in [0.1, 0.15) is 9.92 Å². The number of hydrogen-bond acceptors (Lipinski definition) is 2. The van der Waals surface area contributed by atoms with Crippen LogP contribution in [0.4, 0.5) is 0 Å². The van der Waals surface area contributed by atoms with E-state index in [2.05, 4.69) is 8.67 Å². The SMILES string of the molecule is CN=S(=O)(C(C)C)N1CCCCC1. The van der Waals surface area contributed by atoms with Gasteiger partial charge < -0.3 is 0 Å². The third-order valence-corrected chi connectivity index (χ3v) is 5.42. The van der Waals surface area contributed by atoms with Crippen LogP contribution in [0.1, 0.15) is 33.1 Å². The van der Waals surface area contributed by atoms with Crippen molar-refractivity contribution in [1.82, 2.24) is 4.31 Å². The molecule has 1 aliphatic heterocycles. The lowest BCUT2D eigenvalue weighted by Gasteiger charge is -2.31. The molecule has 0 saturated carbocycles. The molecule has 1 atom stereocenters. The first-order chi connectivity index (χ1) is 6.11. The van der Waals surface area contributed by atoms with Gasteiger partial charge in [-0.3, -0.25) is 0 Å². The molecule has 0 N–H and O–H groups in total. The van der Waals surface area contributed by atoms with Gasteiger partial charge in [-0.15, -0.1) is 0 Å². The Morgan fingerprint density at radius 3 is 2.15 bits per heavy atom. The molecule has 0 bridgehead atoms. The summed E-state index contributed by atoms with van der Waals surface area (Å²) in [5.41, 5.74) is 0. The average molecular weight is 204 g/mol. The molecule has 1 saturated heterocycles. The van der Waals surface area contributed by atoms with Gasteiger partial charge in [-0.05, 0) is 26.7 Å². The molecule has 1 unspecified atom stereocenters. The van der Waals surface area contributed by atoms with E-state index >= 15 is 0 Å². The zero-order chi connectivity index (χ0) is 9.90. The van der Waals surface area contributed by atoms with Crippen LogP contribution in [0.15, 0.2) is 4.36 Å². The van der Waals surface area contributed by atoms with Crippen LogP contribution in [0.25, 0.3) is 0 Å². The van der Waals surface area contributed by atoms with E-state index in [9.17, 15) is 4.21 Å². The molecular weight excluding hydrogens is 184 g/mol. The Labute approximate surface area is 81.8 Å². The van der Waals surface area contributed by atoms with Crippen molar-refractivity contribution in [2.45, 2.75) is 38.4 Å². The minimum atomic E-state index is -2.09. The Morgan fingerprint density at radius 2 is 1.77 bits per heavy atom. The molecule has 4 heteroatoms. The van der Waals surface area contributed by atoms with Crippen molar-refractivity contribution in [3.63, 3.8) is 0 Å². The second-order valence-electron chi connectivity index (χ2n) is 3.76. The van der Waals surface area contributed by atoms with Crippen molar-refractivity contribution in [3.8, 4) is 0 Å². The van der Waals surface area contributed by atoms with E-state index in [1.165, 1.54) is 19.3 Å².